The summed E-state index contributed by atoms with van der Waals surface area (Å²) < 4.78 is 0. The highest BCUT2D eigenvalue weighted by Crippen LogP contribution is 2.23. The summed E-state index contributed by atoms with van der Waals surface area (Å²) in [6.07, 6.45) is 4.85. The minimum Gasteiger partial charge on any atom is -0.340 e. The number of carbonyl (C=O) groups excluding carboxylic acids is 1. The molecule has 1 aliphatic rings. The molecule has 94 valence electrons. The third-order valence-electron chi connectivity index (χ3n) is 3.51. The summed E-state index contributed by atoms with van der Waals surface area (Å²) in [6.45, 7) is 7.38. The molecule has 1 amide bonds. The molecule has 1 saturated heterocycles. The topological polar surface area (TPSA) is 46.3 Å². The molecular formula is C13H26N2O. The molecule has 0 aromatic carbocycles. The Kier molecular flexibility index (Phi) is 5.26. The lowest BCUT2D eigenvalue weighted by Gasteiger charge is -2.36. The molecule has 0 saturated carbocycles. The molecule has 1 fully saturated rings. The fourth-order valence-electron chi connectivity index (χ4n) is 2.50. The summed E-state index contributed by atoms with van der Waals surface area (Å²) in [7, 11) is 0. The number of hydrogen-bond donors (Lipinski definition) is 1. The molecule has 0 radical (unpaired) electrons. The molecule has 1 aliphatic heterocycles. The molecule has 0 aromatic heterocycles. The molecule has 0 aliphatic carbocycles. The van der Waals surface area contributed by atoms with E-state index in [0.29, 0.717) is 18.4 Å². The molecular weight excluding hydrogens is 200 g/mol. The van der Waals surface area contributed by atoms with Crippen molar-refractivity contribution in [1.29, 1.82) is 0 Å². The van der Waals surface area contributed by atoms with Crippen LogP contribution in [0.3, 0.4) is 0 Å². The zero-order valence-electron chi connectivity index (χ0n) is 10.9. The van der Waals surface area contributed by atoms with Crippen molar-refractivity contribution < 1.29 is 4.79 Å². The van der Waals surface area contributed by atoms with Gasteiger partial charge < -0.3 is 10.6 Å². The lowest BCUT2D eigenvalue weighted by molar-refractivity contribution is -0.135. The molecule has 0 bridgehead atoms. The summed E-state index contributed by atoms with van der Waals surface area (Å²) in [5.41, 5.74) is 5.68. The fraction of sp³-hybridized carbons (Fsp3) is 0.923. The molecule has 0 spiro atoms. The lowest BCUT2D eigenvalue weighted by atomic mass is 9.93. The Morgan fingerprint density at radius 3 is 2.75 bits per heavy atom. The van der Waals surface area contributed by atoms with Crippen LogP contribution in [0.4, 0.5) is 0 Å². The van der Waals surface area contributed by atoms with Crippen LogP contribution in [0.5, 0.6) is 0 Å². The highest BCUT2D eigenvalue weighted by Gasteiger charge is 2.25. The second-order valence-corrected chi connectivity index (χ2v) is 5.44. The van der Waals surface area contributed by atoms with Crippen molar-refractivity contribution in [2.45, 2.75) is 65.0 Å². The van der Waals surface area contributed by atoms with Gasteiger partial charge >= 0.3 is 0 Å². The number of piperidine rings is 1. The van der Waals surface area contributed by atoms with Crippen LogP contribution in [0, 0.1) is 5.92 Å². The van der Waals surface area contributed by atoms with E-state index in [4.69, 9.17) is 5.73 Å². The van der Waals surface area contributed by atoms with Gasteiger partial charge in [-0.2, -0.15) is 0 Å². The van der Waals surface area contributed by atoms with Gasteiger partial charge in [0.2, 0.25) is 5.91 Å². The van der Waals surface area contributed by atoms with Crippen LogP contribution in [-0.2, 0) is 4.79 Å². The second kappa shape index (κ2) is 6.24. The summed E-state index contributed by atoms with van der Waals surface area (Å²) in [4.78, 5) is 14.0. The van der Waals surface area contributed by atoms with Crippen molar-refractivity contribution in [3.63, 3.8) is 0 Å². The Hall–Kier alpha value is -0.570. The van der Waals surface area contributed by atoms with E-state index < -0.39 is 0 Å². The maximum absolute atomic E-state index is 12.0. The molecule has 2 N–H and O–H groups in total. The van der Waals surface area contributed by atoms with E-state index in [2.05, 4.69) is 18.7 Å². The van der Waals surface area contributed by atoms with E-state index in [1.54, 1.807) is 0 Å². The number of carbonyl (C=O) groups is 1. The van der Waals surface area contributed by atoms with E-state index in [0.717, 1.165) is 38.1 Å². The Bertz CT molecular complexity index is 228. The van der Waals surface area contributed by atoms with Crippen LogP contribution >= 0.6 is 0 Å². The summed E-state index contributed by atoms with van der Waals surface area (Å²) in [5.74, 6) is 1.09. The molecule has 1 rings (SSSR count). The second-order valence-electron chi connectivity index (χ2n) is 5.44. The van der Waals surface area contributed by atoms with Crippen molar-refractivity contribution in [3.05, 3.63) is 0 Å². The summed E-state index contributed by atoms with van der Waals surface area (Å²) in [6, 6.07) is 0.637. The van der Waals surface area contributed by atoms with Gasteiger partial charge in [-0.15, -0.1) is 0 Å². The Morgan fingerprint density at radius 2 is 2.19 bits per heavy atom. The van der Waals surface area contributed by atoms with Gasteiger partial charge in [-0.25, -0.2) is 0 Å². The van der Waals surface area contributed by atoms with Crippen molar-refractivity contribution in [2.75, 3.05) is 6.54 Å². The predicted octanol–water partition coefficient (Wildman–Crippen LogP) is 2.15. The first-order valence-electron chi connectivity index (χ1n) is 6.55. The maximum atomic E-state index is 12.0. The van der Waals surface area contributed by atoms with Crippen LogP contribution in [0.2, 0.25) is 0 Å². The van der Waals surface area contributed by atoms with E-state index in [-0.39, 0.29) is 6.04 Å². The fourth-order valence-corrected chi connectivity index (χ4v) is 2.50. The summed E-state index contributed by atoms with van der Waals surface area (Å²) >= 11 is 0. The third-order valence-corrected chi connectivity index (χ3v) is 3.51. The van der Waals surface area contributed by atoms with Gasteiger partial charge in [-0.05, 0) is 45.4 Å². The van der Waals surface area contributed by atoms with Gasteiger partial charge in [-0.1, -0.05) is 6.92 Å². The maximum Gasteiger partial charge on any atom is 0.222 e. The normalized spacial score (nSPS) is 27.9. The molecule has 3 unspecified atom stereocenters. The van der Waals surface area contributed by atoms with E-state index >= 15 is 0 Å². The quantitative estimate of drug-likeness (QED) is 0.798. The number of nitrogens with zero attached hydrogens (tertiary/aromatic N) is 1. The minimum absolute atomic E-state index is 0.214. The highest BCUT2D eigenvalue weighted by molar-refractivity contribution is 5.76. The van der Waals surface area contributed by atoms with Gasteiger partial charge in [0.15, 0.2) is 0 Å². The zero-order valence-corrected chi connectivity index (χ0v) is 10.9. The number of nitrogens with two attached hydrogens (primary N) is 1. The number of amides is 1. The molecule has 3 heteroatoms. The van der Waals surface area contributed by atoms with Gasteiger partial charge in [0.05, 0.1) is 0 Å². The first-order chi connectivity index (χ1) is 7.50. The number of likely N-dealkylation sites (tertiary alicyclic amines) is 1. The first-order valence-corrected chi connectivity index (χ1v) is 6.55. The van der Waals surface area contributed by atoms with E-state index in [1.165, 1.54) is 0 Å². The number of hydrogen-bond acceptors (Lipinski definition) is 2. The standard InChI is InChI=1S/C13H26N2O/c1-10-7-8-15(12(3)9-10)13(16)6-4-5-11(2)14/h10-12H,4-9,14H2,1-3H3. The highest BCUT2D eigenvalue weighted by atomic mass is 16.2. The van der Waals surface area contributed by atoms with Crippen molar-refractivity contribution >= 4 is 5.91 Å². The van der Waals surface area contributed by atoms with E-state index in [9.17, 15) is 4.79 Å². The van der Waals surface area contributed by atoms with Crippen molar-refractivity contribution in [1.82, 2.24) is 4.90 Å². The van der Waals surface area contributed by atoms with Gasteiger partial charge in [0.1, 0.15) is 0 Å². The zero-order chi connectivity index (χ0) is 12.1. The molecule has 16 heavy (non-hydrogen) atoms. The molecule has 3 atom stereocenters. The minimum atomic E-state index is 0.214. The molecule has 1 heterocycles. The van der Waals surface area contributed by atoms with Gasteiger partial charge in [0, 0.05) is 25.0 Å². The Labute approximate surface area is 99.4 Å². The van der Waals surface area contributed by atoms with Crippen molar-refractivity contribution in [3.8, 4) is 0 Å². The SMILES string of the molecule is CC(N)CCCC(=O)N1CCC(C)CC1C. The average molecular weight is 226 g/mol. The van der Waals surface area contributed by atoms with Crippen LogP contribution < -0.4 is 5.73 Å². The monoisotopic (exact) mass is 226 g/mol. The van der Waals surface area contributed by atoms with Crippen molar-refractivity contribution in [2.24, 2.45) is 11.7 Å². The van der Waals surface area contributed by atoms with Gasteiger partial charge in [-0.3, -0.25) is 4.79 Å². The third kappa shape index (κ3) is 4.12. The van der Waals surface area contributed by atoms with Crippen LogP contribution in [-0.4, -0.2) is 29.4 Å². The average Bonchev–Trinajstić information content (AvgIpc) is 2.16. The first kappa shape index (κ1) is 13.5. The molecule has 0 aromatic rings. The lowest BCUT2D eigenvalue weighted by Crippen LogP contribution is -2.44. The largest absolute Gasteiger partial charge is 0.340 e. The smallest absolute Gasteiger partial charge is 0.222 e. The predicted molar refractivity (Wildman–Crippen MR) is 67.1 cm³/mol. The van der Waals surface area contributed by atoms with Crippen LogP contribution in [0.25, 0.3) is 0 Å². The number of rotatable bonds is 4. The van der Waals surface area contributed by atoms with Crippen LogP contribution in [0.1, 0.15) is 52.9 Å². The Balaban J connectivity index is 2.30. The van der Waals surface area contributed by atoms with E-state index in [1.807, 2.05) is 6.92 Å². The molecule has 3 nitrogen and oxygen atoms in total. The van der Waals surface area contributed by atoms with Crippen LogP contribution in [0.15, 0.2) is 0 Å². The van der Waals surface area contributed by atoms with Gasteiger partial charge in [0.25, 0.3) is 0 Å². The summed E-state index contributed by atoms with van der Waals surface area (Å²) in [5, 5.41) is 0. The Morgan fingerprint density at radius 1 is 1.50 bits per heavy atom.